The van der Waals surface area contributed by atoms with Crippen LogP contribution in [0.2, 0.25) is 0 Å². The fourth-order valence-corrected chi connectivity index (χ4v) is 4.62. The van der Waals surface area contributed by atoms with Gasteiger partial charge in [-0.05, 0) is 43.4 Å². The highest BCUT2D eigenvalue weighted by atomic mass is 16.3. The molecule has 1 unspecified atom stereocenters. The molecule has 11 heteroatoms. The maximum absolute atomic E-state index is 12.3. The molecule has 1 amide bonds. The molecule has 1 saturated carbocycles. The maximum Gasteiger partial charge on any atom is 0.228 e. The molecule has 1 aliphatic heterocycles. The first-order valence-electron chi connectivity index (χ1n) is 11.9. The second kappa shape index (κ2) is 9.58. The first-order valence-corrected chi connectivity index (χ1v) is 11.9. The van der Waals surface area contributed by atoms with Crippen molar-refractivity contribution in [2.45, 2.75) is 50.4 Å². The third-order valence-corrected chi connectivity index (χ3v) is 6.96. The number of likely N-dealkylation sites (tertiary alicyclic amines) is 1. The molecule has 35 heavy (non-hydrogen) atoms. The molecule has 4 N–H and O–H groups in total. The number of carbonyl (C=O) groups excluding carboxylic acids is 1. The molecule has 0 spiro atoms. The summed E-state index contributed by atoms with van der Waals surface area (Å²) in [6, 6.07) is 10.5. The smallest absolute Gasteiger partial charge is 0.228 e. The molecule has 2 fully saturated rings. The zero-order valence-electron chi connectivity index (χ0n) is 19.4. The largest absolute Gasteiger partial charge is 0.374 e. The minimum atomic E-state index is -1.27. The standard InChI is InChI=1S/C24H29N9O2/c25-10-7-24(33-14-20(21(26)34)22(30-33)29-23(35)18-3-4-18)8-11-31(12-9-24)13-17-1-5-19(6-2-17)32-16-27-15-28-32/h1-2,5-6,14-16,18,21,34H,3-4,7-9,11-13,26H2,(H,29,30,35). The van der Waals surface area contributed by atoms with Crippen LogP contribution >= 0.6 is 0 Å². The lowest BCUT2D eigenvalue weighted by Crippen LogP contribution is -2.46. The minimum Gasteiger partial charge on any atom is -0.374 e. The van der Waals surface area contributed by atoms with Gasteiger partial charge in [0.1, 0.15) is 18.9 Å². The molecular formula is C24H29N9O2. The summed E-state index contributed by atoms with van der Waals surface area (Å²) in [5.41, 5.74) is 7.76. The van der Waals surface area contributed by atoms with Crippen LogP contribution < -0.4 is 11.1 Å². The van der Waals surface area contributed by atoms with Crippen molar-refractivity contribution in [2.24, 2.45) is 11.7 Å². The summed E-state index contributed by atoms with van der Waals surface area (Å²) in [5, 5.41) is 31.2. The van der Waals surface area contributed by atoms with E-state index in [1.807, 2.05) is 12.1 Å². The van der Waals surface area contributed by atoms with Gasteiger partial charge in [-0.25, -0.2) is 9.67 Å². The Bertz CT molecular complexity index is 1200. The molecule has 5 rings (SSSR count). The summed E-state index contributed by atoms with van der Waals surface area (Å²) in [5.74, 6) is 0.185. The van der Waals surface area contributed by atoms with Crippen LogP contribution in [-0.4, -0.2) is 53.5 Å². The maximum atomic E-state index is 12.3. The summed E-state index contributed by atoms with van der Waals surface area (Å²) in [7, 11) is 0. The molecular weight excluding hydrogens is 446 g/mol. The summed E-state index contributed by atoms with van der Waals surface area (Å²) in [6.45, 7) is 2.38. The zero-order valence-corrected chi connectivity index (χ0v) is 19.4. The number of nitrogens with zero attached hydrogens (tertiary/aromatic N) is 7. The first-order chi connectivity index (χ1) is 17.0. The monoisotopic (exact) mass is 475 g/mol. The Labute approximate surface area is 203 Å². The fourth-order valence-electron chi connectivity index (χ4n) is 4.62. The molecule has 11 nitrogen and oxygen atoms in total. The van der Waals surface area contributed by atoms with E-state index in [1.165, 1.54) is 11.9 Å². The average molecular weight is 476 g/mol. The summed E-state index contributed by atoms with van der Waals surface area (Å²) in [6.07, 6.45) is 7.05. The Morgan fingerprint density at radius 3 is 2.63 bits per heavy atom. The topological polar surface area (TPSA) is 151 Å². The Balaban J connectivity index is 1.28. The van der Waals surface area contributed by atoms with Crippen molar-refractivity contribution < 1.29 is 9.90 Å². The van der Waals surface area contributed by atoms with E-state index in [0.717, 1.165) is 51.0 Å². The molecule has 3 aromatic rings. The summed E-state index contributed by atoms with van der Waals surface area (Å²) in [4.78, 5) is 18.6. The van der Waals surface area contributed by atoms with E-state index in [2.05, 4.69) is 43.6 Å². The van der Waals surface area contributed by atoms with Crippen molar-refractivity contribution in [3.63, 3.8) is 0 Å². The molecule has 1 aromatic carbocycles. The molecule has 2 aliphatic rings. The number of nitriles is 1. The number of nitrogens with one attached hydrogen (secondary N) is 1. The van der Waals surface area contributed by atoms with E-state index in [9.17, 15) is 15.2 Å². The van der Waals surface area contributed by atoms with E-state index >= 15 is 0 Å². The van der Waals surface area contributed by atoms with Crippen LogP contribution in [0.25, 0.3) is 5.69 Å². The molecule has 182 valence electrons. The van der Waals surface area contributed by atoms with Gasteiger partial charge in [0.25, 0.3) is 0 Å². The highest BCUT2D eigenvalue weighted by Gasteiger charge is 2.39. The predicted molar refractivity (Wildman–Crippen MR) is 127 cm³/mol. The number of amides is 1. The number of aromatic nitrogens is 5. The third-order valence-electron chi connectivity index (χ3n) is 6.96. The number of aliphatic hydroxyl groups is 1. The van der Waals surface area contributed by atoms with Crippen LogP contribution in [-0.2, 0) is 16.9 Å². The number of nitrogens with two attached hydrogens (primary N) is 1. The summed E-state index contributed by atoms with van der Waals surface area (Å²) >= 11 is 0. The number of rotatable bonds is 8. The van der Waals surface area contributed by atoms with E-state index in [-0.39, 0.29) is 24.1 Å². The highest BCUT2D eigenvalue weighted by molar-refractivity contribution is 5.93. The van der Waals surface area contributed by atoms with E-state index in [4.69, 9.17) is 5.73 Å². The summed E-state index contributed by atoms with van der Waals surface area (Å²) < 4.78 is 3.47. The zero-order chi connectivity index (χ0) is 24.4. The van der Waals surface area contributed by atoms with Crippen molar-refractivity contribution in [1.82, 2.24) is 29.4 Å². The van der Waals surface area contributed by atoms with Gasteiger partial charge < -0.3 is 16.2 Å². The van der Waals surface area contributed by atoms with Gasteiger partial charge in [-0.15, -0.1) is 0 Å². The van der Waals surface area contributed by atoms with E-state index in [1.54, 1.807) is 21.9 Å². The van der Waals surface area contributed by atoms with Crippen LogP contribution in [0.1, 0.15) is 49.5 Å². The van der Waals surface area contributed by atoms with Crippen LogP contribution in [0.4, 0.5) is 5.82 Å². The van der Waals surface area contributed by atoms with Gasteiger partial charge in [-0.1, -0.05) is 12.1 Å². The van der Waals surface area contributed by atoms with Crippen LogP contribution in [0.3, 0.4) is 0 Å². The molecule has 1 atom stereocenters. The highest BCUT2D eigenvalue weighted by Crippen LogP contribution is 2.36. The fraction of sp³-hybridized carbons (Fsp3) is 0.458. The van der Waals surface area contributed by atoms with Crippen LogP contribution in [0, 0.1) is 17.2 Å². The lowest BCUT2D eigenvalue weighted by Gasteiger charge is -2.40. The van der Waals surface area contributed by atoms with Crippen LogP contribution in [0.5, 0.6) is 0 Å². The Kier molecular flexibility index (Phi) is 6.34. The van der Waals surface area contributed by atoms with Gasteiger partial charge >= 0.3 is 0 Å². The molecule has 3 heterocycles. The van der Waals surface area contributed by atoms with Gasteiger partial charge in [0.15, 0.2) is 5.82 Å². The molecule has 0 bridgehead atoms. The second-order valence-electron chi connectivity index (χ2n) is 9.43. The predicted octanol–water partition coefficient (Wildman–Crippen LogP) is 1.67. The Morgan fingerprint density at radius 1 is 1.29 bits per heavy atom. The number of benzene rings is 1. The van der Waals surface area contributed by atoms with Crippen molar-refractivity contribution in [2.75, 3.05) is 18.4 Å². The van der Waals surface area contributed by atoms with Gasteiger partial charge in [0, 0.05) is 31.7 Å². The molecule has 1 aliphatic carbocycles. The lowest BCUT2D eigenvalue weighted by molar-refractivity contribution is -0.117. The van der Waals surface area contributed by atoms with Crippen molar-refractivity contribution >= 4 is 11.7 Å². The number of aliphatic hydroxyl groups excluding tert-OH is 1. The van der Waals surface area contributed by atoms with Crippen molar-refractivity contribution in [3.05, 3.63) is 54.2 Å². The second-order valence-corrected chi connectivity index (χ2v) is 9.43. The van der Waals surface area contributed by atoms with Gasteiger partial charge in [-0.2, -0.15) is 15.5 Å². The third kappa shape index (κ3) is 4.95. The van der Waals surface area contributed by atoms with Crippen LogP contribution in [0.15, 0.2) is 43.1 Å². The molecule has 2 aromatic heterocycles. The average Bonchev–Trinajstić information content (AvgIpc) is 3.39. The Morgan fingerprint density at radius 2 is 2.03 bits per heavy atom. The Hall–Kier alpha value is -3.59. The van der Waals surface area contributed by atoms with Crippen molar-refractivity contribution in [3.8, 4) is 11.8 Å². The van der Waals surface area contributed by atoms with Crippen molar-refractivity contribution in [1.29, 1.82) is 5.26 Å². The van der Waals surface area contributed by atoms with E-state index in [0.29, 0.717) is 5.56 Å². The normalized spacial score (nSPS) is 18.7. The van der Waals surface area contributed by atoms with E-state index < -0.39 is 11.8 Å². The number of piperidine rings is 1. The first kappa shape index (κ1) is 23.2. The van der Waals surface area contributed by atoms with Gasteiger partial charge in [-0.3, -0.25) is 14.4 Å². The number of anilines is 1. The number of carbonyl (C=O) groups is 1. The number of hydrogen-bond acceptors (Lipinski definition) is 8. The van der Waals surface area contributed by atoms with Gasteiger partial charge in [0.05, 0.1) is 29.3 Å². The lowest BCUT2D eigenvalue weighted by atomic mass is 9.84. The number of hydrogen-bond donors (Lipinski definition) is 3. The molecule has 0 radical (unpaired) electrons. The SMILES string of the molecule is N#CCC1(n2cc(C(N)O)c(NC(=O)C3CC3)n2)CCN(Cc2ccc(-n3cncn3)cc2)CC1. The quantitative estimate of drug-likeness (QED) is 0.416. The molecule has 1 saturated heterocycles. The van der Waals surface area contributed by atoms with Gasteiger partial charge in [0.2, 0.25) is 5.91 Å². The minimum absolute atomic E-state index is 0.00417.